The molecule has 30 heavy (non-hydrogen) atoms. The largest absolute Gasteiger partial charge is 0.459 e. The number of para-hydroxylation sites is 1. The van der Waals surface area contributed by atoms with Crippen LogP contribution in [0.1, 0.15) is 32.0 Å². The Morgan fingerprint density at radius 2 is 1.70 bits per heavy atom. The van der Waals surface area contributed by atoms with E-state index in [1.165, 1.54) is 12.3 Å². The lowest BCUT2D eigenvalue weighted by Gasteiger charge is -2.08. The highest BCUT2D eigenvalue weighted by molar-refractivity contribution is 6.02. The number of hydrogen-bond donors (Lipinski definition) is 2. The van der Waals surface area contributed by atoms with E-state index in [0.717, 1.165) is 22.4 Å². The number of furan rings is 1. The Bertz CT molecular complexity index is 1190. The van der Waals surface area contributed by atoms with Crippen molar-refractivity contribution in [2.24, 2.45) is 0 Å². The van der Waals surface area contributed by atoms with Crippen LogP contribution in [0.2, 0.25) is 0 Å². The minimum atomic E-state index is -0.545. The standard InChI is InChI=1S/C23H20N4O3/c1-15-10-11-18(16(2)13-15)21-19(14-27(26-21)17-7-4-3-5-8-17)22(28)24-25-23(29)20-9-6-12-30-20/h3-14H,1-2H3,(H,24,28)(H,25,29). The molecule has 2 heterocycles. The van der Waals surface area contributed by atoms with Gasteiger partial charge in [-0.1, -0.05) is 42.0 Å². The third-order valence-electron chi connectivity index (χ3n) is 4.65. The number of carbonyl (C=O) groups excluding carboxylic acids is 2. The predicted molar refractivity (Wildman–Crippen MR) is 112 cm³/mol. The average Bonchev–Trinajstić information content (AvgIpc) is 3.43. The normalized spacial score (nSPS) is 10.6. The molecule has 0 saturated carbocycles. The quantitative estimate of drug-likeness (QED) is 0.510. The number of amides is 2. The summed E-state index contributed by atoms with van der Waals surface area (Å²) in [5, 5.41) is 4.66. The van der Waals surface area contributed by atoms with E-state index >= 15 is 0 Å². The van der Waals surface area contributed by atoms with Gasteiger partial charge >= 0.3 is 5.91 Å². The topological polar surface area (TPSA) is 89.2 Å². The minimum absolute atomic E-state index is 0.102. The molecule has 0 aliphatic heterocycles. The first-order valence-corrected chi connectivity index (χ1v) is 9.40. The molecule has 7 heteroatoms. The van der Waals surface area contributed by atoms with Crippen molar-refractivity contribution in [3.63, 3.8) is 0 Å². The van der Waals surface area contributed by atoms with Crippen LogP contribution in [0.15, 0.2) is 77.5 Å². The zero-order chi connectivity index (χ0) is 21.1. The number of hydrazine groups is 1. The Morgan fingerprint density at radius 1 is 0.933 bits per heavy atom. The van der Waals surface area contributed by atoms with Crippen LogP contribution in [0.3, 0.4) is 0 Å². The van der Waals surface area contributed by atoms with Crippen LogP contribution in [0, 0.1) is 13.8 Å². The number of aromatic nitrogens is 2. The van der Waals surface area contributed by atoms with E-state index < -0.39 is 11.8 Å². The zero-order valence-electron chi connectivity index (χ0n) is 16.5. The number of rotatable bonds is 4. The summed E-state index contributed by atoms with van der Waals surface area (Å²) in [5.74, 6) is -0.922. The molecule has 0 aliphatic rings. The number of nitrogens with one attached hydrogen (secondary N) is 2. The van der Waals surface area contributed by atoms with Gasteiger partial charge in [-0.05, 0) is 43.7 Å². The second-order valence-corrected chi connectivity index (χ2v) is 6.88. The summed E-state index contributed by atoms with van der Waals surface area (Å²) in [7, 11) is 0. The van der Waals surface area contributed by atoms with Crippen molar-refractivity contribution in [1.29, 1.82) is 0 Å². The lowest BCUT2D eigenvalue weighted by atomic mass is 10.0. The number of aryl methyl sites for hydroxylation is 2. The molecular formula is C23H20N4O3. The van der Waals surface area contributed by atoms with Gasteiger partial charge in [0.2, 0.25) is 0 Å². The van der Waals surface area contributed by atoms with Gasteiger partial charge in [-0.15, -0.1) is 0 Å². The van der Waals surface area contributed by atoms with Crippen molar-refractivity contribution in [3.8, 4) is 16.9 Å². The number of hydrogen-bond acceptors (Lipinski definition) is 4. The van der Waals surface area contributed by atoms with Crippen molar-refractivity contribution in [2.45, 2.75) is 13.8 Å². The van der Waals surface area contributed by atoms with Gasteiger partial charge < -0.3 is 4.42 Å². The summed E-state index contributed by atoms with van der Waals surface area (Å²) in [6.45, 7) is 3.99. The van der Waals surface area contributed by atoms with E-state index in [0.29, 0.717) is 11.3 Å². The van der Waals surface area contributed by atoms with Crippen molar-refractivity contribution in [3.05, 3.63) is 95.6 Å². The zero-order valence-corrected chi connectivity index (χ0v) is 16.5. The Morgan fingerprint density at radius 3 is 2.40 bits per heavy atom. The maximum atomic E-state index is 12.9. The summed E-state index contributed by atoms with van der Waals surface area (Å²) in [6.07, 6.45) is 3.04. The van der Waals surface area contributed by atoms with Crippen LogP contribution in [-0.4, -0.2) is 21.6 Å². The fraction of sp³-hybridized carbons (Fsp3) is 0.0870. The SMILES string of the molecule is Cc1ccc(-c2nn(-c3ccccc3)cc2C(=O)NNC(=O)c2ccco2)c(C)c1. The molecular weight excluding hydrogens is 380 g/mol. The van der Waals surface area contributed by atoms with Crippen molar-refractivity contribution in [2.75, 3.05) is 0 Å². The summed E-state index contributed by atoms with van der Waals surface area (Å²) in [5.41, 5.74) is 9.46. The molecule has 2 aromatic carbocycles. The predicted octanol–water partition coefficient (Wildman–Crippen LogP) is 3.82. The molecule has 0 radical (unpaired) electrons. The molecule has 4 rings (SSSR count). The van der Waals surface area contributed by atoms with Gasteiger partial charge in [-0.25, -0.2) is 4.68 Å². The van der Waals surface area contributed by atoms with Gasteiger partial charge in [0, 0.05) is 11.8 Å². The third-order valence-corrected chi connectivity index (χ3v) is 4.65. The minimum Gasteiger partial charge on any atom is -0.459 e. The molecule has 0 saturated heterocycles. The average molecular weight is 400 g/mol. The van der Waals surface area contributed by atoms with E-state index in [4.69, 9.17) is 4.42 Å². The second-order valence-electron chi connectivity index (χ2n) is 6.88. The van der Waals surface area contributed by atoms with Gasteiger partial charge in [0.05, 0.1) is 17.5 Å². The van der Waals surface area contributed by atoms with Gasteiger partial charge in [-0.2, -0.15) is 5.10 Å². The van der Waals surface area contributed by atoms with E-state index in [9.17, 15) is 9.59 Å². The summed E-state index contributed by atoms with van der Waals surface area (Å²) in [6, 6.07) is 18.6. The monoisotopic (exact) mass is 400 g/mol. The molecule has 4 aromatic rings. The van der Waals surface area contributed by atoms with Crippen LogP contribution in [0.5, 0.6) is 0 Å². The van der Waals surface area contributed by atoms with E-state index in [1.54, 1.807) is 16.9 Å². The Balaban J connectivity index is 1.69. The molecule has 0 aliphatic carbocycles. The molecule has 2 amide bonds. The lowest BCUT2D eigenvalue weighted by Crippen LogP contribution is -2.41. The maximum Gasteiger partial charge on any atom is 0.305 e. The molecule has 0 unspecified atom stereocenters. The molecule has 150 valence electrons. The fourth-order valence-electron chi connectivity index (χ4n) is 3.18. The van der Waals surface area contributed by atoms with Crippen LogP contribution in [0.25, 0.3) is 16.9 Å². The summed E-state index contributed by atoms with van der Waals surface area (Å²) < 4.78 is 6.69. The molecule has 0 spiro atoms. The molecule has 0 bridgehead atoms. The van der Waals surface area contributed by atoms with Gasteiger partial charge in [0.1, 0.15) is 5.69 Å². The van der Waals surface area contributed by atoms with Crippen LogP contribution in [0.4, 0.5) is 0 Å². The van der Waals surface area contributed by atoms with Gasteiger partial charge in [-0.3, -0.25) is 20.4 Å². The second kappa shape index (κ2) is 8.08. The van der Waals surface area contributed by atoms with E-state index in [2.05, 4.69) is 16.0 Å². The van der Waals surface area contributed by atoms with Gasteiger partial charge in [0.15, 0.2) is 5.76 Å². The number of carbonyl (C=O) groups is 2. The van der Waals surface area contributed by atoms with Crippen LogP contribution < -0.4 is 10.9 Å². The lowest BCUT2D eigenvalue weighted by molar-refractivity contribution is 0.0831. The highest BCUT2D eigenvalue weighted by Gasteiger charge is 2.21. The van der Waals surface area contributed by atoms with Crippen LogP contribution in [-0.2, 0) is 0 Å². The van der Waals surface area contributed by atoms with Crippen LogP contribution >= 0.6 is 0 Å². The maximum absolute atomic E-state index is 12.9. The molecule has 7 nitrogen and oxygen atoms in total. The summed E-state index contributed by atoms with van der Waals surface area (Å²) >= 11 is 0. The van der Waals surface area contributed by atoms with Gasteiger partial charge in [0.25, 0.3) is 5.91 Å². The Kier molecular flexibility index (Phi) is 5.17. The highest BCUT2D eigenvalue weighted by Crippen LogP contribution is 2.27. The highest BCUT2D eigenvalue weighted by atomic mass is 16.3. The number of benzene rings is 2. The molecule has 0 atom stereocenters. The fourth-order valence-corrected chi connectivity index (χ4v) is 3.18. The Hall–Kier alpha value is -4.13. The molecule has 0 fully saturated rings. The smallest absolute Gasteiger partial charge is 0.305 e. The van der Waals surface area contributed by atoms with Crippen molar-refractivity contribution < 1.29 is 14.0 Å². The molecule has 2 aromatic heterocycles. The first-order chi connectivity index (χ1) is 14.5. The van der Waals surface area contributed by atoms with Crippen molar-refractivity contribution >= 4 is 11.8 Å². The number of nitrogens with zero attached hydrogens (tertiary/aromatic N) is 2. The first kappa shape index (κ1) is 19.2. The Labute approximate surface area is 173 Å². The first-order valence-electron chi connectivity index (χ1n) is 9.40. The molecule has 2 N–H and O–H groups in total. The van der Waals surface area contributed by atoms with E-state index in [-0.39, 0.29) is 5.76 Å². The summed E-state index contributed by atoms with van der Waals surface area (Å²) in [4.78, 5) is 25.0. The van der Waals surface area contributed by atoms with Crippen molar-refractivity contribution in [1.82, 2.24) is 20.6 Å². The third kappa shape index (κ3) is 3.86. The van der Waals surface area contributed by atoms with E-state index in [1.807, 2.05) is 62.4 Å².